The minimum atomic E-state index is -0.495. The smallest absolute Gasteiger partial charge is 0.238 e. The van der Waals surface area contributed by atoms with E-state index in [1.807, 2.05) is 38.1 Å². The number of rotatable bonds is 14. The lowest BCUT2D eigenvalue weighted by Crippen LogP contribution is -2.37. The van der Waals surface area contributed by atoms with E-state index in [-0.39, 0.29) is 37.1 Å². The molecule has 0 aromatic heterocycles. The van der Waals surface area contributed by atoms with Gasteiger partial charge in [-0.3, -0.25) is 19.2 Å². The molecule has 9 nitrogen and oxygen atoms in total. The normalized spacial score (nSPS) is 10.9. The Bertz CT molecular complexity index is 1050. The lowest BCUT2D eigenvalue weighted by Gasteiger charge is -2.28. The summed E-state index contributed by atoms with van der Waals surface area (Å²) in [6.07, 6.45) is 1.94. The Labute approximate surface area is 218 Å². The topological polar surface area (TPSA) is 122 Å². The number of hydrogen-bond donors (Lipinski definition) is 2. The van der Waals surface area contributed by atoms with Crippen LogP contribution in [0.1, 0.15) is 42.6 Å². The third kappa shape index (κ3) is 10.4. The van der Waals surface area contributed by atoms with E-state index in [1.54, 1.807) is 48.2 Å². The maximum atomic E-state index is 12.8. The van der Waals surface area contributed by atoms with Crippen LogP contribution >= 0.6 is 0 Å². The third-order valence-corrected chi connectivity index (χ3v) is 5.98. The second-order valence-corrected chi connectivity index (χ2v) is 9.88. The average Bonchev–Trinajstić information content (AvgIpc) is 2.87. The Morgan fingerprint density at radius 1 is 0.919 bits per heavy atom. The monoisotopic (exact) mass is 510 g/mol. The molecule has 200 valence electrons. The van der Waals surface area contributed by atoms with E-state index in [2.05, 4.69) is 5.32 Å². The fourth-order valence-electron chi connectivity index (χ4n) is 3.61. The number of nitrogens with two attached hydrogens (primary N) is 1. The number of ether oxygens (including phenoxy) is 1. The average molecular weight is 511 g/mol. The van der Waals surface area contributed by atoms with Crippen LogP contribution in [-0.4, -0.2) is 74.1 Å². The van der Waals surface area contributed by atoms with Crippen LogP contribution in [0.2, 0.25) is 0 Å². The van der Waals surface area contributed by atoms with Crippen LogP contribution in [0.4, 0.5) is 5.69 Å². The van der Waals surface area contributed by atoms with Crippen molar-refractivity contribution >= 4 is 29.7 Å². The van der Waals surface area contributed by atoms with Crippen molar-refractivity contribution in [2.45, 2.75) is 33.1 Å². The first-order chi connectivity index (χ1) is 17.5. The van der Waals surface area contributed by atoms with Gasteiger partial charge in [-0.25, -0.2) is 0 Å². The number of anilines is 1. The standard InChI is InChI=1S/C28H38N4O5/c1-28(2,18-27(36)32(4)15-16-37-24-11-7-22(20-33)8-12-24)17-26(35)31(3)14-13-21-5-9-23(10-6-21)30-25(34)19-29/h5-12,20H,13-19,29H2,1-4H3,(H,30,34). The predicted molar refractivity (Wildman–Crippen MR) is 143 cm³/mol. The van der Waals surface area contributed by atoms with E-state index in [0.717, 1.165) is 11.8 Å². The molecule has 2 rings (SSSR count). The second kappa shape index (κ2) is 14.1. The van der Waals surface area contributed by atoms with E-state index in [1.165, 1.54) is 0 Å². The summed E-state index contributed by atoms with van der Waals surface area (Å²) in [7, 11) is 3.49. The second-order valence-electron chi connectivity index (χ2n) is 9.88. The van der Waals surface area contributed by atoms with Crippen LogP contribution < -0.4 is 15.8 Å². The minimum absolute atomic E-state index is 0.0191. The van der Waals surface area contributed by atoms with Crippen LogP contribution in [-0.2, 0) is 20.8 Å². The van der Waals surface area contributed by atoms with Crippen molar-refractivity contribution < 1.29 is 23.9 Å². The summed E-state index contributed by atoms with van der Waals surface area (Å²) in [4.78, 5) is 50.9. The molecule has 0 fully saturated rings. The number of benzene rings is 2. The number of nitrogens with zero attached hydrogens (tertiary/aromatic N) is 2. The van der Waals surface area contributed by atoms with Gasteiger partial charge in [-0.2, -0.15) is 0 Å². The van der Waals surface area contributed by atoms with Crippen LogP contribution in [0.25, 0.3) is 0 Å². The number of aldehydes is 1. The number of carbonyl (C=O) groups excluding carboxylic acids is 4. The molecule has 0 unspecified atom stereocenters. The summed E-state index contributed by atoms with van der Waals surface area (Å²) in [5, 5.41) is 2.70. The van der Waals surface area contributed by atoms with Crippen molar-refractivity contribution in [3.63, 3.8) is 0 Å². The highest BCUT2D eigenvalue weighted by molar-refractivity contribution is 5.92. The van der Waals surface area contributed by atoms with Gasteiger partial charge in [-0.05, 0) is 53.8 Å². The number of amides is 3. The third-order valence-electron chi connectivity index (χ3n) is 5.98. The van der Waals surface area contributed by atoms with Crippen molar-refractivity contribution in [2.24, 2.45) is 11.1 Å². The number of likely N-dealkylation sites (N-methyl/N-ethyl adjacent to an activating group) is 2. The summed E-state index contributed by atoms with van der Waals surface area (Å²) >= 11 is 0. The van der Waals surface area contributed by atoms with Gasteiger partial charge in [-0.1, -0.05) is 26.0 Å². The van der Waals surface area contributed by atoms with E-state index >= 15 is 0 Å². The molecule has 2 aromatic rings. The van der Waals surface area contributed by atoms with Gasteiger partial charge < -0.3 is 25.6 Å². The summed E-state index contributed by atoms with van der Waals surface area (Å²) in [6.45, 7) is 5.05. The summed E-state index contributed by atoms with van der Waals surface area (Å²) in [6, 6.07) is 14.2. The molecule has 0 saturated heterocycles. The highest BCUT2D eigenvalue weighted by Gasteiger charge is 2.28. The largest absolute Gasteiger partial charge is 0.492 e. The Morgan fingerprint density at radius 3 is 2.03 bits per heavy atom. The van der Waals surface area contributed by atoms with Crippen molar-refractivity contribution in [2.75, 3.05) is 45.7 Å². The molecule has 3 N–H and O–H groups in total. The molecular formula is C28H38N4O5. The molecule has 0 atom stereocenters. The van der Waals surface area contributed by atoms with Gasteiger partial charge in [0.25, 0.3) is 0 Å². The number of hydrogen-bond acceptors (Lipinski definition) is 6. The zero-order valence-corrected chi connectivity index (χ0v) is 22.2. The molecule has 0 bridgehead atoms. The first kappa shape index (κ1) is 29.5. The Kier molecular flexibility index (Phi) is 11.3. The summed E-state index contributed by atoms with van der Waals surface area (Å²) < 4.78 is 5.65. The van der Waals surface area contributed by atoms with Gasteiger partial charge in [0.15, 0.2) is 0 Å². The summed E-state index contributed by atoms with van der Waals surface area (Å²) in [5.41, 5.74) is 7.11. The van der Waals surface area contributed by atoms with Crippen LogP contribution in [0.3, 0.4) is 0 Å². The Morgan fingerprint density at radius 2 is 1.49 bits per heavy atom. The molecule has 0 aliphatic carbocycles. The lowest BCUT2D eigenvalue weighted by atomic mass is 9.84. The molecule has 37 heavy (non-hydrogen) atoms. The molecule has 0 heterocycles. The van der Waals surface area contributed by atoms with Gasteiger partial charge in [-0.15, -0.1) is 0 Å². The zero-order valence-electron chi connectivity index (χ0n) is 22.2. The van der Waals surface area contributed by atoms with Crippen molar-refractivity contribution in [3.8, 4) is 5.75 Å². The Hall–Kier alpha value is -3.72. The predicted octanol–water partition coefficient (Wildman–Crippen LogP) is 2.74. The van der Waals surface area contributed by atoms with Gasteiger partial charge in [0.2, 0.25) is 17.7 Å². The highest BCUT2D eigenvalue weighted by Crippen LogP contribution is 2.27. The van der Waals surface area contributed by atoms with Gasteiger partial charge in [0, 0.05) is 44.7 Å². The number of carbonyl (C=O) groups is 4. The van der Waals surface area contributed by atoms with Crippen molar-refractivity contribution in [1.29, 1.82) is 0 Å². The lowest BCUT2D eigenvalue weighted by molar-refractivity contribution is -0.135. The zero-order chi connectivity index (χ0) is 27.4. The molecule has 9 heteroatoms. The van der Waals surface area contributed by atoms with Gasteiger partial charge in [0.05, 0.1) is 13.1 Å². The van der Waals surface area contributed by atoms with Gasteiger partial charge >= 0.3 is 0 Å². The molecule has 2 aromatic carbocycles. The maximum Gasteiger partial charge on any atom is 0.238 e. The van der Waals surface area contributed by atoms with Crippen LogP contribution in [0.5, 0.6) is 5.75 Å². The SMILES string of the molecule is CN(CCOc1ccc(C=O)cc1)C(=O)CC(C)(C)CC(=O)N(C)CCc1ccc(NC(=O)CN)cc1. The minimum Gasteiger partial charge on any atom is -0.492 e. The molecular weight excluding hydrogens is 472 g/mol. The molecule has 0 saturated carbocycles. The molecule has 0 radical (unpaired) electrons. The molecule has 0 spiro atoms. The maximum absolute atomic E-state index is 12.8. The van der Waals surface area contributed by atoms with Crippen LogP contribution in [0.15, 0.2) is 48.5 Å². The van der Waals surface area contributed by atoms with E-state index in [9.17, 15) is 19.2 Å². The molecule has 0 aliphatic rings. The van der Waals surface area contributed by atoms with Gasteiger partial charge in [0.1, 0.15) is 18.6 Å². The first-order valence-electron chi connectivity index (χ1n) is 12.3. The fraction of sp³-hybridized carbons (Fsp3) is 0.429. The highest BCUT2D eigenvalue weighted by atomic mass is 16.5. The van der Waals surface area contributed by atoms with Crippen molar-refractivity contribution in [1.82, 2.24) is 9.80 Å². The first-order valence-corrected chi connectivity index (χ1v) is 12.3. The van der Waals surface area contributed by atoms with E-state index < -0.39 is 5.41 Å². The number of nitrogens with one attached hydrogen (secondary N) is 1. The van der Waals surface area contributed by atoms with E-state index in [0.29, 0.717) is 43.1 Å². The molecule has 0 aliphatic heterocycles. The quantitative estimate of drug-likeness (QED) is 0.377. The van der Waals surface area contributed by atoms with E-state index in [4.69, 9.17) is 10.5 Å². The fourth-order valence-corrected chi connectivity index (χ4v) is 3.61. The van der Waals surface area contributed by atoms with Crippen molar-refractivity contribution in [3.05, 3.63) is 59.7 Å². The molecule has 3 amide bonds. The Balaban J connectivity index is 1.75. The van der Waals surface area contributed by atoms with Crippen LogP contribution in [0, 0.1) is 5.41 Å². The summed E-state index contributed by atoms with van der Waals surface area (Å²) in [5.74, 6) is 0.312.